The molecule has 198 valence electrons. The zero-order valence-corrected chi connectivity index (χ0v) is 22.2. The Morgan fingerprint density at radius 3 is 2.42 bits per heavy atom. The summed E-state index contributed by atoms with van der Waals surface area (Å²) in [6, 6.07) is 10.7. The Labute approximate surface area is 214 Å². The number of hydroxylamine groups is 1. The van der Waals surface area contributed by atoms with Crippen LogP contribution in [0.15, 0.2) is 36.4 Å². The molecule has 2 aliphatic heterocycles. The molecule has 1 atom stereocenters. The van der Waals surface area contributed by atoms with E-state index in [9.17, 15) is 26.8 Å². The van der Waals surface area contributed by atoms with Gasteiger partial charge in [0, 0.05) is 35.9 Å². The lowest BCUT2D eigenvalue weighted by molar-refractivity contribution is -0.129. The first kappa shape index (κ1) is 27.0. The number of rotatable bonds is 7. The quantitative estimate of drug-likeness (QED) is 0.381. The maximum absolute atomic E-state index is 13.7. The number of methoxy groups -OCH3 is 1. The van der Waals surface area contributed by atoms with Crippen LogP contribution in [0.2, 0.25) is 0 Å². The molecule has 0 aliphatic carbocycles. The van der Waals surface area contributed by atoms with Crippen molar-refractivity contribution in [2.75, 3.05) is 52.3 Å². The van der Waals surface area contributed by atoms with Gasteiger partial charge in [-0.25, -0.2) is 13.9 Å². The Hall–Kier alpha value is -2.07. The van der Waals surface area contributed by atoms with Crippen LogP contribution in [-0.2, 0) is 34.3 Å². The minimum absolute atomic E-state index is 0.0899. The van der Waals surface area contributed by atoms with E-state index in [0.717, 1.165) is 10.4 Å². The first-order valence-electron chi connectivity index (χ1n) is 11.4. The number of nitrogens with zero attached hydrogens (tertiary/aromatic N) is 2. The van der Waals surface area contributed by atoms with E-state index in [-0.39, 0.29) is 45.8 Å². The first-order chi connectivity index (χ1) is 17.1. The zero-order valence-electron chi connectivity index (χ0n) is 19.8. The Balaban J connectivity index is 1.70. The summed E-state index contributed by atoms with van der Waals surface area (Å²) < 4.78 is 65.2. The van der Waals surface area contributed by atoms with Crippen LogP contribution in [0.1, 0.15) is 17.7 Å². The molecule has 0 saturated carbocycles. The maximum Gasteiger partial charge on any atom is 0.282 e. The summed E-state index contributed by atoms with van der Waals surface area (Å²) in [4.78, 5) is 13.5. The van der Waals surface area contributed by atoms with Gasteiger partial charge in [0.25, 0.3) is 10.2 Å². The van der Waals surface area contributed by atoms with Crippen LogP contribution >= 0.6 is 11.3 Å². The fraction of sp³-hybridized carbons (Fsp3) is 0.500. The fourth-order valence-electron chi connectivity index (χ4n) is 4.52. The molecule has 2 aromatic rings. The minimum Gasteiger partial charge on any atom is -0.497 e. The smallest absolute Gasteiger partial charge is 0.282 e. The molecule has 2 fully saturated rings. The molecule has 14 heteroatoms. The number of ether oxygens (including phenoxy) is 2. The van der Waals surface area contributed by atoms with Crippen molar-refractivity contribution in [3.8, 4) is 16.2 Å². The van der Waals surface area contributed by atoms with Gasteiger partial charge in [-0.05, 0) is 48.4 Å². The van der Waals surface area contributed by atoms with E-state index in [1.54, 1.807) is 36.9 Å². The predicted octanol–water partition coefficient (Wildman–Crippen LogP) is 1.21. The topological polar surface area (TPSA) is 143 Å². The van der Waals surface area contributed by atoms with Gasteiger partial charge in [0.05, 0.1) is 32.5 Å². The van der Waals surface area contributed by atoms with Crippen molar-refractivity contribution >= 4 is 37.3 Å². The third kappa shape index (κ3) is 5.16. The van der Waals surface area contributed by atoms with Gasteiger partial charge in [-0.2, -0.15) is 17.0 Å². The summed E-state index contributed by atoms with van der Waals surface area (Å²) in [6.07, 6.45) is -0.658. The van der Waals surface area contributed by atoms with Crippen LogP contribution in [0.4, 0.5) is 0 Å². The molecule has 11 nitrogen and oxygen atoms in total. The number of carbonyl (C=O) groups excluding carboxylic acids is 1. The Morgan fingerprint density at radius 1 is 1.11 bits per heavy atom. The van der Waals surface area contributed by atoms with Crippen molar-refractivity contribution < 1.29 is 36.3 Å². The van der Waals surface area contributed by atoms with Gasteiger partial charge in [0.1, 0.15) is 10.5 Å². The van der Waals surface area contributed by atoms with Crippen molar-refractivity contribution in [1.82, 2.24) is 14.1 Å². The van der Waals surface area contributed by atoms with Crippen LogP contribution in [0.5, 0.6) is 5.75 Å². The average molecular weight is 560 g/mol. The second-order valence-corrected chi connectivity index (χ2v) is 14.0. The maximum atomic E-state index is 13.7. The molecule has 2 saturated heterocycles. The highest BCUT2D eigenvalue weighted by atomic mass is 32.2. The van der Waals surface area contributed by atoms with Gasteiger partial charge < -0.3 is 9.47 Å². The minimum atomic E-state index is -4.01. The number of morpholine rings is 1. The van der Waals surface area contributed by atoms with Crippen molar-refractivity contribution in [3.63, 3.8) is 0 Å². The van der Waals surface area contributed by atoms with E-state index in [0.29, 0.717) is 10.6 Å². The highest BCUT2D eigenvalue weighted by molar-refractivity contribution is 7.92. The monoisotopic (exact) mass is 559 g/mol. The third-order valence-corrected chi connectivity index (χ3v) is 12.6. The Bertz CT molecular complexity index is 1290. The van der Waals surface area contributed by atoms with Crippen LogP contribution in [0.25, 0.3) is 10.4 Å². The van der Waals surface area contributed by atoms with Crippen LogP contribution in [0.3, 0.4) is 0 Å². The largest absolute Gasteiger partial charge is 0.497 e. The molecule has 4 rings (SSSR count). The zero-order chi connectivity index (χ0) is 26.0. The average Bonchev–Trinajstić information content (AvgIpc) is 3.33. The van der Waals surface area contributed by atoms with Crippen molar-refractivity contribution in [2.45, 2.75) is 17.6 Å². The second kappa shape index (κ2) is 10.7. The summed E-state index contributed by atoms with van der Waals surface area (Å²) >= 11 is 1.23. The number of hydrogen-bond donors (Lipinski definition) is 2. The van der Waals surface area contributed by atoms with E-state index >= 15 is 0 Å². The molecule has 0 bridgehead atoms. The molecule has 0 unspecified atom stereocenters. The molecule has 3 heterocycles. The van der Waals surface area contributed by atoms with Gasteiger partial charge in [-0.1, -0.05) is 0 Å². The van der Waals surface area contributed by atoms with E-state index in [2.05, 4.69) is 0 Å². The fourth-order valence-corrected chi connectivity index (χ4v) is 9.82. The number of nitrogens with one attached hydrogen (secondary N) is 1. The summed E-state index contributed by atoms with van der Waals surface area (Å²) in [7, 11) is -6.36. The molecule has 1 aromatic carbocycles. The number of amides is 1. The van der Waals surface area contributed by atoms with Crippen LogP contribution in [0, 0.1) is 0 Å². The standard InChI is InChI=1S/C22H29N3O8S3/c1-32-18-4-2-17(3-5-18)19-6-7-20(34-19)22(16-21(26)23-27)8-9-24(12-15-35(22,28)29)36(30,31)25-10-13-33-14-11-25/h2-7,27H,8-16H2,1H3,(H,23,26)/t22-/m0/s1. The van der Waals surface area contributed by atoms with Gasteiger partial charge in [-0.15, -0.1) is 11.3 Å². The summed E-state index contributed by atoms with van der Waals surface area (Å²) in [5, 5.41) is 9.22. The SMILES string of the molecule is COc1ccc(-c2ccc([C@@]3(CC(=O)NO)CCN(S(=O)(=O)N4CCOCC4)CCS3(=O)=O)s2)cc1. The molecule has 2 aliphatic rings. The van der Waals surface area contributed by atoms with Crippen LogP contribution in [-0.4, -0.2) is 88.8 Å². The Kier molecular flexibility index (Phi) is 8.04. The molecular formula is C22H29N3O8S3. The number of carbonyl (C=O) groups is 1. The molecule has 36 heavy (non-hydrogen) atoms. The highest BCUT2D eigenvalue weighted by Crippen LogP contribution is 2.45. The lowest BCUT2D eigenvalue weighted by Crippen LogP contribution is -2.49. The Morgan fingerprint density at radius 2 is 1.78 bits per heavy atom. The third-order valence-electron chi connectivity index (χ3n) is 6.59. The molecule has 1 amide bonds. The predicted molar refractivity (Wildman–Crippen MR) is 134 cm³/mol. The lowest BCUT2D eigenvalue weighted by Gasteiger charge is -2.32. The normalized spacial score (nSPS) is 23.6. The number of benzene rings is 1. The molecule has 2 N–H and O–H groups in total. The van der Waals surface area contributed by atoms with Gasteiger partial charge in [0.2, 0.25) is 5.91 Å². The van der Waals surface area contributed by atoms with E-state index in [4.69, 9.17) is 9.47 Å². The van der Waals surface area contributed by atoms with Gasteiger partial charge >= 0.3 is 0 Å². The van der Waals surface area contributed by atoms with E-state index in [1.807, 2.05) is 12.1 Å². The highest BCUT2D eigenvalue weighted by Gasteiger charge is 2.51. The van der Waals surface area contributed by atoms with E-state index < -0.39 is 42.9 Å². The second-order valence-electron chi connectivity index (χ2n) is 8.59. The van der Waals surface area contributed by atoms with Crippen molar-refractivity contribution in [3.05, 3.63) is 41.3 Å². The molecule has 0 radical (unpaired) electrons. The number of thiophene rings is 1. The lowest BCUT2D eigenvalue weighted by atomic mass is 9.97. The van der Waals surface area contributed by atoms with Crippen molar-refractivity contribution in [1.29, 1.82) is 0 Å². The number of sulfone groups is 1. The van der Waals surface area contributed by atoms with Gasteiger partial charge in [-0.3, -0.25) is 10.0 Å². The van der Waals surface area contributed by atoms with Crippen LogP contribution < -0.4 is 10.2 Å². The summed E-state index contributed by atoms with van der Waals surface area (Å²) in [6.45, 7) is 0.624. The molecule has 1 aromatic heterocycles. The molecular weight excluding hydrogens is 530 g/mol. The van der Waals surface area contributed by atoms with E-state index in [1.165, 1.54) is 19.9 Å². The summed E-state index contributed by atoms with van der Waals surface area (Å²) in [5.41, 5.74) is 2.39. The van der Waals surface area contributed by atoms with Crippen molar-refractivity contribution in [2.24, 2.45) is 0 Å². The van der Waals surface area contributed by atoms with Gasteiger partial charge in [0.15, 0.2) is 9.84 Å². The molecule has 0 spiro atoms. The first-order valence-corrected chi connectivity index (χ1v) is 15.2. The number of hydrogen-bond acceptors (Lipinski definition) is 9. The summed E-state index contributed by atoms with van der Waals surface area (Å²) in [5.74, 6) is -0.632.